The molecule has 0 atom stereocenters. The number of rotatable bonds is 6. The monoisotopic (exact) mass is 410 g/mol. The summed E-state index contributed by atoms with van der Waals surface area (Å²) in [5.41, 5.74) is 7.72. The molecule has 31 heavy (non-hydrogen) atoms. The van der Waals surface area contributed by atoms with Gasteiger partial charge in [-0.05, 0) is 74.3 Å². The van der Waals surface area contributed by atoms with Gasteiger partial charge in [0.1, 0.15) is 11.2 Å². The van der Waals surface area contributed by atoms with Crippen LogP contribution in [0.4, 0.5) is 0 Å². The molecule has 1 fully saturated rings. The lowest BCUT2D eigenvalue weighted by Crippen LogP contribution is -2.21. The number of likely N-dealkylation sites (tertiary alicyclic amines) is 1. The summed E-state index contributed by atoms with van der Waals surface area (Å²) in [6.45, 7) is 9.35. The maximum absolute atomic E-state index is 4.98. The average molecular weight is 411 g/mol. The van der Waals surface area contributed by atoms with Crippen LogP contribution in [0.15, 0.2) is 67.0 Å². The Labute approximate surface area is 181 Å². The van der Waals surface area contributed by atoms with Crippen LogP contribution >= 0.6 is 0 Å². The Bertz CT molecular complexity index is 1270. The molecule has 1 saturated heterocycles. The predicted molar refractivity (Wildman–Crippen MR) is 127 cm³/mol. The highest BCUT2D eigenvalue weighted by Crippen LogP contribution is 2.29. The third-order valence-electron chi connectivity index (χ3n) is 5.90. The molecular weight excluding hydrogens is 384 g/mol. The summed E-state index contributed by atoms with van der Waals surface area (Å²) in [4.78, 5) is 15.1. The maximum Gasteiger partial charge on any atom is 0.135 e. The molecule has 6 nitrogen and oxygen atoms in total. The van der Waals surface area contributed by atoms with Crippen molar-refractivity contribution < 1.29 is 0 Å². The van der Waals surface area contributed by atoms with Crippen LogP contribution in [-0.4, -0.2) is 49.7 Å². The van der Waals surface area contributed by atoms with E-state index in [1.54, 1.807) is 6.20 Å². The van der Waals surface area contributed by atoms with E-state index in [0.717, 1.165) is 51.1 Å². The van der Waals surface area contributed by atoms with E-state index in [0.29, 0.717) is 0 Å². The minimum absolute atomic E-state index is 0.813. The highest BCUT2D eigenvalue weighted by atomic mass is 15.1. The van der Waals surface area contributed by atoms with Crippen LogP contribution in [0.25, 0.3) is 38.9 Å². The highest BCUT2D eigenvalue weighted by molar-refractivity contribution is 5.94. The fraction of sp³-hybridized carbons (Fsp3) is 0.240. The molecule has 0 unspecified atom stereocenters. The van der Waals surface area contributed by atoms with Gasteiger partial charge in [0.25, 0.3) is 0 Å². The Morgan fingerprint density at radius 3 is 2.84 bits per heavy atom. The van der Waals surface area contributed by atoms with E-state index in [4.69, 9.17) is 4.98 Å². The van der Waals surface area contributed by atoms with Crippen molar-refractivity contribution in [2.75, 3.05) is 19.6 Å². The van der Waals surface area contributed by atoms with Gasteiger partial charge in [-0.15, -0.1) is 0 Å². The lowest BCUT2D eigenvalue weighted by atomic mass is 10.1. The maximum atomic E-state index is 4.98. The molecule has 0 aliphatic carbocycles. The minimum atomic E-state index is 0.813. The zero-order chi connectivity index (χ0) is 21.2. The second-order valence-corrected chi connectivity index (χ2v) is 7.96. The van der Waals surface area contributed by atoms with Crippen molar-refractivity contribution in [3.05, 3.63) is 72.7 Å². The first-order valence-electron chi connectivity index (χ1n) is 10.8. The van der Waals surface area contributed by atoms with Gasteiger partial charge in [0.05, 0.1) is 28.6 Å². The average Bonchev–Trinajstić information content (AvgIpc) is 3.55. The van der Waals surface area contributed by atoms with E-state index in [1.807, 2.05) is 30.5 Å². The van der Waals surface area contributed by atoms with E-state index in [1.165, 1.54) is 31.5 Å². The Balaban J connectivity index is 1.51. The molecular formula is C25H26N6. The summed E-state index contributed by atoms with van der Waals surface area (Å²) >= 11 is 0. The van der Waals surface area contributed by atoms with Crippen molar-refractivity contribution in [1.29, 1.82) is 0 Å². The van der Waals surface area contributed by atoms with Crippen LogP contribution in [0.5, 0.6) is 0 Å². The first-order valence-corrected chi connectivity index (χ1v) is 10.8. The van der Waals surface area contributed by atoms with Crippen LogP contribution in [0.3, 0.4) is 0 Å². The Hall–Kier alpha value is -3.51. The Kier molecular flexibility index (Phi) is 5.22. The molecule has 0 bridgehead atoms. The van der Waals surface area contributed by atoms with E-state index in [-0.39, 0.29) is 0 Å². The van der Waals surface area contributed by atoms with Crippen LogP contribution in [-0.2, 0) is 0 Å². The molecule has 1 aliphatic heterocycles. The van der Waals surface area contributed by atoms with Crippen LogP contribution in [0.1, 0.15) is 25.5 Å². The van der Waals surface area contributed by atoms with Crippen LogP contribution in [0, 0.1) is 0 Å². The molecule has 4 aromatic heterocycles. The number of pyridine rings is 2. The number of aromatic amines is 2. The number of aromatic nitrogens is 5. The van der Waals surface area contributed by atoms with Crippen molar-refractivity contribution in [3.63, 3.8) is 0 Å². The summed E-state index contributed by atoms with van der Waals surface area (Å²) in [5.74, 6) is 0. The van der Waals surface area contributed by atoms with Gasteiger partial charge in [-0.25, -0.2) is 4.98 Å². The molecule has 5 heterocycles. The van der Waals surface area contributed by atoms with Crippen LogP contribution in [0.2, 0.25) is 0 Å². The number of nitrogens with zero attached hydrogens (tertiary/aromatic N) is 4. The molecule has 0 saturated carbocycles. The molecule has 156 valence electrons. The Morgan fingerprint density at radius 1 is 1.19 bits per heavy atom. The zero-order valence-corrected chi connectivity index (χ0v) is 17.7. The predicted octanol–water partition coefficient (Wildman–Crippen LogP) is 5.11. The number of nitrogens with one attached hydrogen (secondary N) is 2. The van der Waals surface area contributed by atoms with E-state index in [9.17, 15) is 0 Å². The standard InChI is InChI=1S/C25H26N6/c1-3-17(16-31-11-5-6-12-31)13-18(4-2)20-7-8-21-24(28-20)25(30-29-21)22-14-19-9-10-26-15-23(19)27-22/h3-4,7-10,13-15,27H,1,5-6,11-12,16H2,2H3,(H,29,30)/b17-13+,18-4+. The second kappa shape index (κ2) is 8.32. The minimum Gasteiger partial charge on any atom is -0.352 e. The normalized spacial score (nSPS) is 15.9. The third kappa shape index (κ3) is 3.82. The van der Waals surface area contributed by atoms with Crippen molar-refractivity contribution in [2.24, 2.45) is 0 Å². The van der Waals surface area contributed by atoms with E-state index >= 15 is 0 Å². The molecule has 4 aromatic rings. The smallest absolute Gasteiger partial charge is 0.135 e. The van der Waals surface area contributed by atoms with E-state index < -0.39 is 0 Å². The topological polar surface area (TPSA) is 73.5 Å². The molecule has 0 aromatic carbocycles. The van der Waals surface area contributed by atoms with Gasteiger partial charge in [-0.2, -0.15) is 5.10 Å². The highest BCUT2D eigenvalue weighted by Gasteiger charge is 2.15. The lowest BCUT2D eigenvalue weighted by molar-refractivity contribution is 0.371. The second-order valence-electron chi connectivity index (χ2n) is 7.96. The molecule has 2 N–H and O–H groups in total. The molecule has 1 aliphatic rings. The summed E-state index contributed by atoms with van der Waals surface area (Å²) in [6, 6.07) is 8.16. The van der Waals surface area contributed by atoms with Crippen molar-refractivity contribution in [2.45, 2.75) is 19.8 Å². The van der Waals surface area contributed by atoms with Crippen molar-refractivity contribution >= 4 is 27.5 Å². The number of H-pyrrole nitrogens is 2. The molecule has 0 amide bonds. The van der Waals surface area contributed by atoms with Crippen LogP contribution < -0.4 is 0 Å². The van der Waals surface area contributed by atoms with E-state index in [2.05, 4.69) is 56.8 Å². The summed E-state index contributed by atoms with van der Waals surface area (Å²) in [7, 11) is 0. The third-order valence-corrected chi connectivity index (χ3v) is 5.90. The van der Waals surface area contributed by atoms with Gasteiger partial charge < -0.3 is 4.98 Å². The Morgan fingerprint density at radius 2 is 2.06 bits per heavy atom. The summed E-state index contributed by atoms with van der Waals surface area (Å²) in [6.07, 6.45) is 12.5. The first kappa shape index (κ1) is 19.5. The number of allylic oxidation sites excluding steroid dienone is 3. The zero-order valence-electron chi connectivity index (χ0n) is 17.7. The van der Waals surface area contributed by atoms with Gasteiger partial charge in [-0.3, -0.25) is 15.0 Å². The van der Waals surface area contributed by atoms with Gasteiger partial charge in [0, 0.05) is 18.1 Å². The fourth-order valence-corrected chi connectivity index (χ4v) is 4.22. The molecule has 0 spiro atoms. The molecule has 5 rings (SSSR count). The van der Waals surface area contributed by atoms with Gasteiger partial charge in [0.15, 0.2) is 0 Å². The molecule has 0 radical (unpaired) electrons. The lowest BCUT2D eigenvalue weighted by Gasteiger charge is -2.15. The van der Waals surface area contributed by atoms with Gasteiger partial charge in [-0.1, -0.05) is 18.7 Å². The largest absolute Gasteiger partial charge is 0.352 e. The summed E-state index contributed by atoms with van der Waals surface area (Å²) < 4.78 is 0. The van der Waals surface area contributed by atoms with Gasteiger partial charge >= 0.3 is 0 Å². The SMILES string of the molecule is C=C/C(=C\C(=C/C)c1ccc2[nH]nc(-c3cc4ccncc4[nH]3)c2n1)CN1CCCC1. The molecule has 6 heteroatoms. The number of hydrogen-bond acceptors (Lipinski definition) is 4. The van der Waals surface area contributed by atoms with Crippen molar-refractivity contribution in [3.8, 4) is 11.4 Å². The number of fused-ring (bicyclic) bond motifs is 2. The fourth-order valence-electron chi connectivity index (χ4n) is 4.22. The van der Waals surface area contributed by atoms with Gasteiger partial charge in [0.2, 0.25) is 0 Å². The van der Waals surface area contributed by atoms with Crippen molar-refractivity contribution in [1.82, 2.24) is 30.0 Å². The first-order chi connectivity index (χ1) is 15.2. The quantitative estimate of drug-likeness (QED) is 0.433. The summed E-state index contributed by atoms with van der Waals surface area (Å²) in [5, 5.41) is 8.75. The number of hydrogen-bond donors (Lipinski definition) is 2.